The number of ether oxygens (including phenoxy) is 1. The normalized spacial score (nSPS) is 19.6. The Morgan fingerprint density at radius 3 is 2.32 bits per heavy atom. The zero-order valence-corrected chi connectivity index (χ0v) is 22.8. The summed E-state index contributed by atoms with van der Waals surface area (Å²) in [6.07, 6.45) is 0.143. The molecule has 41 heavy (non-hydrogen) atoms. The lowest BCUT2D eigenvalue weighted by molar-refractivity contribution is -0.137. The van der Waals surface area contributed by atoms with E-state index >= 15 is 0 Å². The number of rotatable bonds is 5. The third-order valence-electron chi connectivity index (χ3n) is 8.14. The molecule has 9 nitrogen and oxygen atoms in total. The molecule has 0 atom stereocenters. The molecule has 13 heteroatoms. The maximum absolute atomic E-state index is 13.3. The van der Waals surface area contributed by atoms with Gasteiger partial charge < -0.3 is 15.4 Å². The zero-order valence-electron chi connectivity index (χ0n) is 21.9. The number of nitrogens with one attached hydrogen (secondary N) is 2. The first-order valence-corrected chi connectivity index (χ1v) is 14.8. The van der Waals surface area contributed by atoms with Crippen molar-refractivity contribution < 1.29 is 31.1 Å². The van der Waals surface area contributed by atoms with E-state index in [2.05, 4.69) is 20.6 Å². The Morgan fingerprint density at radius 1 is 0.976 bits per heavy atom. The maximum Gasteiger partial charge on any atom is 0.417 e. The maximum atomic E-state index is 13.3. The third-order valence-corrected chi connectivity index (χ3v) is 10.1. The lowest BCUT2D eigenvalue weighted by atomic mass is 9.75. The van der Waals surface area contributed by atoms with Gasteiger partial charge in [0, 0.05) is 55.9 Å². The first-order valence-electron chi connectivity index (χ1n) is 13.4. The van der Waals surface area contributed by atoms with Crippen LogP contribution in [0, 0.1) is 0 Å². The molecule has 216 valence electrons. The number of benzene rings is 1. The number of carbonyl (C=O) groups is 1. The van der Waals surface area contributed by atoms with Crippen LogP contribution >= 0.6 is 0 Å². The first-order chi connectivity index (χ1) is 19.6. The standard InChI is InChI=1S/C28H28F3N5O4S/c29-28(30,31)20-3-6-24(32-17-20)34-21-7-11-36(12-8-21)41(38,39)22-4-1-18(2-5-22)19-15-23-25(33-16-19)35-26(37)27(23)9-13-40-14-10-27/h1-6,15-17,21H,7-14H2,(H,32,34)(H,33,35,37). The van der Waals surface area contributed by atoms with E-state index in [1.165, 1.54) is 10.4 Å². The molecule has 0 bridgehead atoms. The number of halogens is 3. The van der Waals surface area contributed by atoms with Gasteiger partial charge in [0.15, 0.2) is 0 Å². The summed E-state index contributed by atoms with van der Waals surface area (Å²) in [5.41, 5.74) is 0.955. The molecule has 1 spiro atoms. The van der Waals surface area contributed by atoms with Crippen molar-refractivity contribution in [2.75, 3.05) is 36.9 Å². The van der Waals surface area contributed by atoms with Gasteiger partial charge in [0.05, 0.1) is 15.9 Å². The van der Waals surface area contributed by atoms with Gasteiger partial charge in [-0.15, -0.1) is 0 Å². The Kier molecular flexibility index (Phi) is 6.99. The van der Waals surface area contributed by atoms with Gasteiger partial charge in [-0.2, -0.15) is 17.5 Å². The highest BCUT2D eigenvalue weighted by atomic mass is 32.2. The number of alkyl halides is 3. The van der Waals surface area contributed by atoms with Crippen molar-refractivity contribution in [1.29, 1.82) is 0 Å². The number of hydrogen-bond acceptors (Lipinski definition) is 7. The third kappa shape index (κ3) is 5.17. The minimum Gasteiger partial charge on any atom is -0.381 e. The number of nitrogens with zero attached hydrogens (tertiary/aromatic N) is 3. The second-order valence-corrected chi connectivity index (χ2v) is 12.5. The molecular weight excluding hydrogens is 559 g/mol. The molecule has 6 rings (SSSR count). The number of hydrogen-bond donors (Lipinski definition) is 2. The highest BCUT2D eigenvalue weighted by molar-refractivity contribution is 7.89. The molecule has 2 aromatic heterocycles. The molecule has 0 aliphatic carbocycles. The van der Waals surface area contributed by atoms with E-state index in [1.807, 2.05) is 6.07 Å². The Hall–Kier alpha value is -3.55. The molecule has 5 heterocycles. The number of piperidine rings is 1. The van der Waals surface area contributed by atoms with Crippen LogP contribution in [0.3, 0.4) is 0 Å². The minimum atomic E-state index is -4.45. The van der Waals surface area contributed by atoms with Crippen molar-refractivity contribution >= 4 is 27.6 Å². The molecular formula is C28H28F3N5O4S. The van der Waals surface area contributed by atoms with Crippen LogP contribution in [0.15, 0.2) is 59.8 Å². The molecule has 3 aliphatic heterocycles. The van der Waals surface area contributed by atoms with Crippen molar-refractivity contribution in [1.82, 2.24) is 14.3 Å². The molecule has 3 aliphatic rings. The van der Waals surface area contributed by atoms with E-state index in [-0.39, 0.29) is 29.9 Å². The van der Waals surface area contributed by atoms with E-state index in [1.54, 1.807) is 30.5 Å². The van der Waals surface area contributed by atoms with Gasteiger partial charge in [0.1, 0.15) is 11.6 Å². The van der Waals surface area contributed by atoms with Gasteiger partial charge in [0.25, 0.3) is 0 Å². The minimum absolute atomic E-state index is 0.0588. The van der Waals surface area contributed by atoms with Crippen molar-refractivity contribution in [2.45, 2.75) is 48.2 Å². The van der Waals surface area contributed by atoms with E-state index < -0.39 is 27.2 Å². The summed E-state index contributed by atoms with van der Waals surface area (Å²) in [6.45, 7) is 1.54. The largest absolute Gasteiger partial charge is 0.417 e. The Bertz CT molecular complexity index is 1550. The zero-order chi connectivity index (χ0) is 28.8. The van der Waals surface area contributed by atoms with E-state index in [0.717, 1.165) is 29.0 Å². The van der Waals surface area contributed by atoms with Crippen molar-refractivity contribution in [3.63, 3.8) is 0 Å². The van der Waals surface area contributed by atoms with Gasteiger partial charge in [-0.3, -0.25) is 4.79 Å². The number of carbonyl (C=O) groups excluding carboxylic acids is 1. The highest BCUT2D eigenvalue weighted by Gasteiger charge is 2.48. The quantitative estimate of drug-likeness (QED) is 0.454. The van der Waals surface area contributed by atoms with Crippen LogP contribution in [-0.4, -0.2) is 60.9 Å². The fraction of sp³-hybridized carbons (Fsp3) is 0.393. The average Bonchev–Trinajstić information content (AvgIpc) is 3.23. The summed E-state index contributed by atoms with van der Waals surface area (Å²) in [6, 6.07) is 10.7. The van der Waals surface area contributed by atoms with Gasteiger partial charge >= 0.3 is 6.18 Å². The summed E-state index contributed by atoms with van der Waals surface area (Å²) >= 11 is 0. The van der Waals surface area contributed by atoms with Crippen LogP contribution in [0.4, 0.5) is 24.8 Å². The Labute approximate surface area is 235 Å². The van der Waals surface area contributed by atoms with E-state index in [0.29, 0.717) is 50.5 Å². The van der Waals surface area contributed by atoms with Gasteiger partial charge in [-0.05, 0) is 61.6 Å². The van der Waals surface area contributed by atoms with Crippen LogP contribution in [-0.2, 0) is 31.1 Å². The molecule has 0 radical (unpaired) electrons. The molecule has 1 amide bonds. The number of amides is 1. The highest BCUT2D eigenvalue weighted by Crippen LogP contribution is 2.45. The molecule has 2 N–H and O–H groups in total. The second kappa shape index (κ2) is 10.4. The SMILES string of the molecule is O=C1Nc2ncc(-c3ccc(S(=O)(=O)N4CCC(Nc5ccc(C(F)(F)F)cn5)CC4)cc3)cc2C12CCOCC2. The van der Waals surface area contributed by atoms with E-state index in [4.69, 9.17) is 4.74 Å². The fourth-order valence-electron chi connectivity index (χ4n) is 5.72. The first kappa shape index (κ1) is 27.6. The molecule has 0 saturated carbocycles. The average molecular weight is 588 g/mol. The monoisotopic (exact) mass is 587 g/mol. The summed E-state index contributed by atoms with van der Waals surface area (Å²) in [5.74, 6) is 0.821. The number of pyridine rings is 2. The predicted octanol–water partition coefficient (Wildman–Crippen LogP) is 4.43. The molecule has 0 unspecified atom stereocenters. The second-order valence-electron chi connectivity index (χ2n) is 10.5. The molecule has 2 saturated heterocycles. The van der Waals surface area contributed by atoms with Gasteiger partial charge in [-0.25, -0.2) is 18.4 Å². The van der Waals surface area contributed by atoms with Crippen LogP contribution in [0.25, 0.3) is 11.1 Å². The van der Waals surface area contributed by atoms with Crippen molar-refractivity contribution in [3.8, 4) is 11.1 Å². The lowest BCUT2D eigenvalue weighted by Gasteiger charge is -2.32. The summed E-state index contributed by atoms with van der Waals surface area (Å²) in [5, 5.41) is 5.99. The van der Waals surface area contributed by atoms with Crippen LogP contribution < -0.4 is 10.6 Å². The van der Waals surface area contributed by atoms with Gasteiger partial charge in [0.2, 0.25) is 15.9 Å². The predicted molar refractivity (Wildman–Crippen MR) is 145 cm³/mol. The molecule has 2 fully saturated rings. The number of sulfonamides is 1. The number of fused-ring (bicyclic) bond motifs is 2. The van der Waals surface area contributed by atoms with E-state index in [9.17, 15) is 26.4 Å². The van der Waals surface area contributed by atoms with Crippen LogP contribution in [0.1, 0.15) is 36.8 Å². The Morgan fingerprint density at radius 2 is 1.68 bits per heavy atom. The van der Waals surface area contributed by atoms with Gasteiger partial charge in [-0.1, -0.05) is 12.1 Å². The van der Waals surface area contributed by atoms with Crippen LogP contribution in [0.5, 0.6) is 0 Å². The fourth-order valence-corrected chi connectivity index (χ4v) is 7.19. The summed E-state index contributed by atoms with van der Waals surface area (Å²) < 4.78 is 71.9. The topological polar surface area (TPSA) is 114 Å². The Balaban J connectivity index is 1.12. The molecule has 1 aromatic carbocycles. The lowest BCUT2D eigenvalue weighted by Crippen LogP contribution is -2.42. The smallest absolute Gasteiger partial charge is 0.381 e. The summed E-state index contributed by atoms with van der Waals surface area (Å²) in [4.78, 5) is 21.3. The van der Waals surface area contributed by atoms with Crippen molar-refractivity contribution in [2.24, 2.45) is 0 Å². The molecule has 3 aromatic rings. The number of anilines is 2. The summed E-state index contributed by atoms with van der Waals surface area (Å²) in [7, 11) is -3.74. The van der Waals surface area contributed by atoms with Crippen LogP contribution in [0.2, 0.25) is 0 Å². The number of aromatic nitrogens is 2. The van der Waals surface area contributed by atoms with Crippen molar-refractivity contribution in [3.05, 3.63) is 66.0 Å².